The highest BCUT2D eigenvalue weighted by atomic mass is 35.5. The van der Waals surface area contributed by atoms with Crippen LogP contribution in [-0.4, -0.2) is 60.6 Å². The number of urea groups is 1. The zero-order valence-electron chi connectivity index (χ0n) is 14.7. The summed E-state index contributed by atoms with van der Waals surface area (Å²) in [5, 5.41) is 8.10. The maximum Gasteiger partial charge on any atom is 0.320 e. The van der Waals surface area contributed by atoms with Gasteiger partial charge >= 0.3 is 6.03 Å². The van der Waals surface area contributed by atoms with E-state index in [0.29, 0.717) is 17.4 Å². The van der Waals surface area contributed by atoms with E-state index in [-0.39, 0.29) is 6.03 Å². The fourth-order valence-electron chi connectivity index (χ4n) is 3.04. The van der Waals surface area contributed by atoms with Crippen LogP contribution < -0.4 is 10.6 Å². The Morgan fingerprint density at radius 3 is 2.72 bits per heavy atom. The lowest BCUT2D eigenvalue weighted by atomic mass is 10.1. The van der Waals surface area contributed by atoms with Crippen molar-refractivity contribution >= 4 is 34.2 Å². The number of benzene rings is 1. The molecule has 1 saturated heterocycles. The number of nitrogens with one attached hydrogen (secondary N) is 2. The number of aromatic nitrogens is 1. The first kappa shape index (κ1) is 17.9. The minimum absolute atomic E-state index is 0.253. The largest absolute Gasteiger partial charge is 0.338 e. The number of halogens is 1. The van der Waals surface area contributed by atoms with Crippen molar-refractivity contribution in [1.29, 1.82) is 0 Å². The number of anilines is 1. The van der Waals surface area contributed by atoms with Crippen LogP contribution in [0.15, 0.2) is 24.4 Å². The van der Waals surface area contributed by atoms with E-state index >= 15 is 0 Å². The van der Waals surface area contributed by atoms with Gasteiger partial charge in [0.25, 0.3) is 0 Å². The molecule has 1 aromatic heterocycles. The van der Waals surface area contributed by atoms with E-state index in [4.69, 9.17) is 11.6 Å². The quantitative estimate of drug-likeness (QED) is 0.879. The van der Waals surface area contributed by atoms with Gasteiger partial charge in [-0.15, -0.1) is 0 Å². The number of fused-ring (bicyclic) bond motifs is 1. The Labute approximate surface area is 153 Å². The maximum atomic E-state index is 11.7. The monoisotopic (exact) mass is 361 g/mol. The lowest BCUT2D eigenvalue weighted by Crippen LogP contribution is -2.43. The average molecular weight is 362 g/mol. The maximum absolute atomic E-state index is 11.7. The number of piperazine rings is 1. The number of carbonyl (C=O) groups excluding carboxylic acids is 1. The number of likely N-dealkylation sites (N-methyl/N-ethyl adjacent to an activating group) is 1. The summed E-state index contributed by atoms with van der Waals surface area (Å²) in [4.78, 5) is 20.8. The highest BCUT2D eigenvalue weighted by Gasteiger charge is 2.16. The summed E-state index contributed by atoms with van der Waals surface area (Å²) < 4.78 is 0. The van der Waals surface area contributed by atoms with Crippen molar-refractivity contribution in [2.24, 2.45) is 0 Å². The molecule has 2 aromatic rings. The lowest BCUT2D eigenvalue weighted by molar-refractivity contribution is 0.148. The molecular formula is C18H24ClN5O. The minimum Gasteiger partial charge on any atom is -0.338 e. The van der Waals surface area contributed by atoms with Crippen molar-refractivity contribution in [3.63, 3.8) is 0 Å². The van der Waals surface area contributed by atoms with E-state index < -0.39 is 0 Å². The molecule has 0 bridgehead atoms. The minimum atomic E-state index is -0.253. The number of hydrogen-bond donors (Lipinski definition) is 2. The van der Waals surface area contributed by atoms with Crippen LogP contribution in [0, 0.1) is 0 Å². The van der Waals surface area contributed by atoms with Crippen molar-refractivity contribution in [3.05, 3.63) is 35.0 Å². The van der Waals surface area contributed by atoms with Crippen LogP contribution in [-0.2, 0) is 6.54 Å². The molecule has 1 aliphatic heterocycles. The fourth-order valence-corrected chi connectivity index (χ4v) is 3.25. The molecule has 7 heteroatoms. The Hall–Kier alpha value is -1.89. The van der Waals surface area contributed by atoms with Crippen LogP contribution in [0.1, 0.15) is 12.5 Å². The van der Waals surface area contributed by atoms with E-state index in [2.05, 4.69) is 38.5 Å². The Kier molecular flexibility index (Phi) is 5.73. The summed E-state index contributed by atoms with van der Waals surface area (Å²) in [5.41, 5.74) is 1.20. The second-order valence-corrected chi connectivity index (χ2v) is 6.79. The summed E-state index contributed by atoms with van der Waals surface area (Å²) in [6.07, 6.45) is 1.73. The van der Waals surface area contributed by atoms with E-state index in [0.717, 1.165) is 43.5 Å². The first-order valence-corrected chi connectivity index (χ1v) is 8.97. The Morgan fingerprint density at radius 1 is 1.24 bits per heavy atom. The summed E-state index contributed by atoms with van der Waals surface area (Å²) in [6, 6.07) is 5.64. The Morgan fingerprint density at radius 2 is 2.00 bits per heavy atom. The zero-order valence-corrected chi connectivity index (χ0v) is 15.4. The molecule has 25 heavy (non-hydrogen) atoms. The van der Waals surface area contributed by atoms with Crippen LogP contribution in [0.4, 0.5) is 10.6 Å². The summed E-state index contributed by atoms with van der Waals surface area (Å²) in [7, 11) is 2.15. The predicted molar refractivity (Wildman–Crippen MR) is 102 cm³/mol. The Bertz CT molecular complexity index is 758. The van der Waals surface area contributed by atoms with E-state index in [1.165, 1.54) is 5.56 Å². The first-order valence-electron chi connectivity index (χ1n) is 8.59. The predicted octanol–water partition coefficient (Wildman–Crippen LogP) is 2.78. The third-order valence-corrected chi connectivity index (χ3v) is 4.84. The van der Waals surface area contributed by atoms with Crippen LogP contribution in [0.3, 0.4) is 0 Å². The molecule has 2 N–H and O–H groups in total. The molecule has 2 heterocycles. The number of pyridine rings is 1. The van der Waals surface area contributed by atoms with Gasteiger partial charge in [-0.05, 0) is 37.1 Å². The molecule has 134 valence electrons. The molecule has 1 fully saturated rings. The van der Waals surface area contributed by atoms with E-state index in [9.17, 15) is 4.79 Å². The van der Waals surface area contributed by atoms with Crippen molar-refractivity contribution < 1.29 is 4.79 Å². The normalized spacial score (nSPS) is 16.1. The second kappa shape index (κ2) is 7.99. The third-order valence-electron chi connectivity index (χ3n) is 4.51. The number of amides is 2. The summed E-state index contributed by atoms with van der Waals surface area (Å²) in [5.74, 6) is 0.528. The van der Waals surface area contributed by atoms with E-state index in [1.807, 2.05) is 19.1 Å². The van der Waals surface area contributed by atoms with Crippen molar-refractivity contribution in [2.75, 3.05) is 45.1 Å². The van der Waals surface area contributed by atoms with Gasteiger partial charge in [0.15, 0.2) is 0 Å². The molecule has 0 unspecified atom stereocenters. The van der Waals surface area contributed by atoms with Crippen molar-refractivity contribution in [2.45, 2.75) is 13.5 Å². The highest BCUT2D eigenvalue weighted by molar-refractivity contribution is 6.35. The van der Waals surface area contributed by atoms with Crippen LogP contribution in [0.5, 0.6) is 0 Å². The third kappa shape index (κ3) is 4.39. The zero-order chi connectivity index (χ0) is 17.8. The van der Waals surface area contributed by atoms with Gasteiger partial charge in [0.2, 0.25) is 0 Å². The smallest absolute Gasteiger partial charge is 0.320 e. The van der Waals surface area contributed by atoms with Gasteiger partial charge in [0.05, 0.1) is 0 Å². The second-order valence-electron chi connectivity index (χ2n) is 6.39. The molecule has 0 saturated carbocycles. The molecule has 6 nitrogen and oxygen atoms in total. The summed E-state index contributed by atoms with van der Waals surface area (Å²) in [6.45, 7) is 7.58. The molecule has 0 aliphatic carbocycles. The van der Waals surface area contributed by atoms with Gasteiger partial charge < -0.3 is 10.2 Å². The van der Waals surface area contributed by atoms with Crippen LogP contribution in [0.2, 0.25) is 5.02 Å². The molecule has 0 atom stereocenters. The lowest BCUT2D eigenvalue weighted by Gasteiger charge is -2.32. The van der Waals surface area contributed by atoms with Gasteiger partial charge in [-0.2, -0.15) is 0 Å². The van der Waals surface area contributed by atoms with Crippen LogP contribution >= 0.6 is 11.6 Å². The molecule has 1 aromatic carbocycles. The SMILES string of the molecule is CCNC(=O)Nc1cc2c(CN3CCN(C)CC3)ccc(Cl)c2cn1. The highest BCUT2D eigenvalue weighted by Crippen LogP contribution is 2.28. The van der Waals surface area contributed by atoms with E-state index in [1.54, 1.807) is 6.20 Å². The number of rotatable bonds is 4. The molecule has 0 spiro atoms. The van der Waals surface area contributed by atoms with Crippen LogP contribution in [0.25, 0.3) is 10.8 Å². The average Bonchev–Trinajstić information content (AvgIpc) is 2.59. The number of carbonyl (C=O) groups is 1. The van der Waals surface area contributed by atoms with Gasteiger partial charge in [-0.3, -0.25) is 10.2 Å². The Balaban J connectivity index is 1.86. The topological polar surface area (TPSA) is 60.5 Å². The van der Waals surface area contributed by atoms with Crippen molar-refractivity contribution in [1.82, 2.24) is 20.1 Å². The molecule has 0 radical (unpaired) electrons. The fraction of sp³-hybridized carbons (Fsp3) is 0.444. The van der Waals surface area contributed by atoms with Gasteiger partial charge in [-0.1, -0.05) is 17.7 Å². The molecule has 3 rings (SSSR count). The van der Waals surface area contributed by atoms with Crippen molar-refractivity contribution in [3.8, 4) is 0 Å². The van der Waals surface area contributed by atoms with Gasteiger partial charge in [0, 0.05) is 55.9 Å². The molecule has 2 amide bonds. The first-order chi connectivity index (χ1) is 12.1. The number of hydrogen-bond acceptors (Lipinski definition) is 4. The molecular weight excluding hydrogens is 338 g/mol. The summed E-state index contributed by atoms with van der Waals surface area (Å²) >= 11 is 6.34. The van der Waals surface area contributed by atoms with Gasteiger partial charge in [-0.25, -0.2) is 9.78 Å². The molecule has 1 aliphatic rings. The number of nitrogens with zero attached hydrogens (tertiary/aromatic N) is 3. The van der Waals surface area contributed by atoms with Gasteiger partial charge in [0.1, 0.15) is 5.82 Å². The standard InChI is InChI=1S/C18H24ClN5O/c1-3-20-18(25)22-17-10-14-13(4-5-16(19)15(14)11-21-17)12-24-8-6-23(2)7-9-24/h4-5,10-11H,3,6-9,12H2,1-2H3,(H2,20,21,22,25).